The summed E-state index contributed by atoms with van der Waals surface area (Å²) in [5.74, 6) is 0. The van der Waals surface area contributed by atoms with Crippen LogP contribution in [0.1, 0.15) is 39.0 Å². The van der Waals surface area contributed by atoms with Crippen molar-refractivity contribution >= 4 is 0 Å². The molecular formula is C11H23NO2. The molecule has 0 saturated heterocycles. The smallest absolute Gasteiger partial charge is 0.0636 e. The molecule has 0 amide bonds. The Balaban J connectivity index is 1.87. The Morgan fingerprint density at radius 1 is 1.36 bits per heavy atom. The summed E-state index contributed by atoms with van der Waals surface area (Å²) in [7, 11) is 0. The summed E-state index contributed by atoms with van der Waals surface area (Å²) in [4.78, 5) is 0. The third-order valence-electron chi connectivity index (χ3n) is 2.62. The average Bonchev–Trinajstić information content (AvgIpc) is 2.18. The Labute approximate surface area is 86.8 Å². The van der Waals surface area contributed by atoms with E-state index in [-0.39, 0.29) is 6.10 Å². The number of aliphatic hydroxyl groups excluding tert-OH is 1. The van der Waals surface area contributed by atoms with Gasteiger partial charge in [0.25, 0.3) is 0 Å². The van der Waals surface area contributed by atoms with Crippen LogP contribution in [0.25, 0.3) is 0 Å². The van der Waals surface area contributed by atoms with Crippen LogP contribution in [0, 0.1) is 0 Å². The fourth-order valence-corrected chi connectivity index (χ4v) is 1.84. The first-order valence-electron chi connectivity index (χ1n) is 5.79. The number of hydrogen-bond acceptors (Lipinski definition) is 3. The van der Waals surface area contributed by atoms with Crippen molar-refractivity contribution in [3.05, 3.63) is 0 Å². The molecule has 84 valence electrons. The molecular weight excluding hydrogens is 178 g/mol. The highest BCUT2D eigenvalue weighted by molar-refractivity contribution is 4.65. The molecule has 1 aliphatic carbocycles. The molecule has 1 saturated carbocycles. The van der Waals surface area contributed by atoms with Crippen LogP contribution in [-0.2, 0) is 4.74 Å². The van der Waals surface area contributed by atoms with Crippen LogP contribution in [0.5, 0.6) is 0 Å². The van der Waals surface area contributed by atoms with Crippen molar-refractivity contribution in [2.24, 2.45) is 0 Å². The van der Waals surface area contributed by atoms with Gasteiger partial charge in [-0.2, -0.15) is 0 Å². The molecule has 1 fully saturated rings. The van der Waals surface area contributed by atoms with Crippen molar-refractivity contribution in [2.45, 2.75) is 51.2 Å². The largest absolute Gasteiger partial charge is 0.392 e. The quantitative estimate of drug-likeness (QED) is 0.637. The standard InChI is InChI=1S/C11H23NO2/c1-10(13)9-12-7-8-14-11-5-3-2-4-6-11/h10-13H,2-9H2,1H3. The maximum atomic E-state index is 9.00. The molecule has 0 aliphatic heterocycles. The normalized spacial score (nSPS) is 21.0. The van der Waals surface area contributed by atoms with E-state index in [1.807, 2.05) is 0 Å². The van der Waals surface area contributed by atoms with Crippen molar-refractivity contribution in [1.82, 2.24) is 5.32 Å². The summed E-state index contributed by atoms with van der Waals surface area (Å²) in [6.07, 6.45) is 6.73. The molecule has 0 bridgehead atoms. The van der Waals surface area contributed by atoms with Crippen molar-refractivity contribution in [3.63, 3.8) is 0 Å². The highest BCUT2D eigenvalue weighted by Gasteiger charge is 2.12. The number of hydrogen-bond donors (Lipinski definition) is 2. The Kier molecular flexibility index (Phi) is 6.15. The molecule has 0 aromatic carbocycles. The number of rotatable bonds is 6. The summed E-state index contributed by atoms with van der Waals surface area (Å²) in [5.41, 5.74) is 0. The maximum Gasteiger partial charge on any atom is 0.0636 e. The Morgan fingerprint density at radius 3 is 2.71 bits per heavy atom. The second kappa shape index (κ2) is 7.21. The van der Waals surface area contributed by atoms with Gasteiger partial charge in [-0.25, -0.2) is 0 Å². The van der Waals surface area contributed by atoms with Gasteiger partial charge in [-0.15, -0.1) is 0 Å². The fraction of sp³-hybridized carbons (Fsp3) is 1.00. The average molecular weight is 201 g/mol. The van der Waals surface area contributed by atoms with E-state index in [1.54, 1.807) is 6.92 Å². The zero-order valence-corrected chi connectivity index (χ0v) is 9.17. The first-order valence-corrected chi connectivity index (χ1v) is 5.79. The van der Waals surface area contributed by atoms with Gasteiger partial charge in [0.1, 0.15) is 0 Å². The summed E-state index contributed by atoms with van der Waals surface area (Å²) >= 11 is 0. The molecule has 0 spiro atoms. The highest BCUT2D eigenvalue weighted by atomic mass is 16.5. The van der Waals surface area contributed by atoms with E-state index in [0.29, 0.717) is 12.6 Å². The van der Waals surface area contributed by atoms with Gasteiger partial charge in [0, 0.05) is 13.1 Å². The molecule has 0 aromatic rings. The molecule has 3 nitrogen and oxygen atoms in total. The predicted octanol–water partition coefficient (Wildman–Crippen LogP) is 1.31. The van der Waals surface area contributed by atoms with E-state index in [1.165, 1.54) is 32.1 Å². The summed E-state index contributed by atoms with van der Waals surface area (Å²) in [6, 6.07) is 0. The van der Waals surface area contributed by atoms with E-state index in [4.69, 9.17) is 9.84 Å². The van der Waals surface area contributed by atoms with Gasteiger partial charge in [-0.1, -0.05) is 19.3 Å². The second-order valence-corrected chi connectivity index (χ2v) is 4.18. The lowest BCUT2D eigenvalue weighted by Gasteiger charge is -2.22. The third kappa shape index (κ3) is 5.58. The molecule has 1 rings (SSSR count). The van der Waals surface area contributed by atoms with Crippen LogP contribution < -0.4 is 5.32 Å². The van der Waals surface area contributed by atoms with Gasteiger partial charge in [-0.3, -0.25) is 0 Å². The molecule has 1 unspecified atom stereocenters. The minimum atomic E-state index is -0.260. The van der Waals surface area contributed by atoms with Gasteiger partial charge in [0.15, 0.2) is 0 Å². The van der Waals surface area contributed by atoms with E-state index in [0.717, 1.165) is 13.2 Å². The van der Waals surface area contributed by atoms with Crippen molar-refractivity contribution < 1.29 is 9.84 Å². The van der Waals surface area contributed by atoms with Crippen LogP contribution in [0.4, 0.5) is 0 Å². The van der Waals surface area contributed by atoms with Gasteiger partial charge in [-0.05, 0) is 19.8 Å². The van der Waals surface area contributed by atoms with Crippen LogP contribution >= 0.6 is 0 Å². The molecule has 0 aromatic heterocycles. The molecule has 0 heterocycles. The first-order chi connectivity index (χ1) is 6.79. The van der Waals surface area contributed by atoms with Crippen molar-refractivity contribution in [3.8, 4) is 0 Å². The number of nitrogens with one attached hydrogen (secondary N) is 1. The zero-order valence-electron chi connectivity index (χ0n) is 9.17. The second-order valence-electron chi connectivity index (χ2n) is 4.18. The fourth-order valence-electron chi connectivity index (χ4n) is 1.84. The lowest BCUT2D eigenvalue weighted by atomic mass is 9.98. The van der Waals surface area contributed by atoms with Gasteiger partial charge in [0.2, 0.25) is 0 Å². The lowest BCUT2D eigenvalue weighted by Crippen LogP contribution is -2.29. The summed E-state index contributed by atoms with van der Waals surface area (Å²) < 4.78 is 5.72. The van der Waals surface area contributed by atoms with Crippen LogP contribution in [0.3, 0.4) is 0 Å². The Morgan fingerprint density at radius 2 is 2.07 bits per heavy atom. The third-order valence-corrected chi connectivity index (χ3v) is 2.62. The van der Waals surface area contributed by atoms with Crippen molar-refractivity contribution in [2.75, 3.05) is 19.7 Å². The van der Waals surface area contributed by atoms with Crippen LogP contribution in [-0.4, -0.2) is 37.0 Å². The van der Waals surface area contributed by atoms with Crippen LogP contribution in [0.2, 0.25) is 0 Å². The van der Waals surface area contributed by atoms with Gasteiger partial charge >= 0.3 is 0 Å². The molecule has 1 atom stereocenters. The maximum absolute atomic E-state index is 9.00. The van der Waals surface area contributed by atoms with Crippen LogP contribution in [0.15, 0.2) is 0 Å². The summed E-state index contributed by atoms with van der Waals surface area (Å²) in [6.45, 7) is 4.07. The highest BCUT2D eigenvalue weighted by Crippen LogP contribution is 2.19. The topological polar surface area (TPSA) is 41.5 Å². The van der Waals surface area contributed by atoms with Gasteiger partial charge in [0.05, 0.1) is 18.8 Å². The molecule has 0 radical (unpaired) electrons. The minimum absolute atomic E-state index is 0.260. The first kappa shape index (κ1) is 12.0. The molecule has 3 heteroatoms. The molecule has 1 aliphatic rings. The summed E-state index contributed by atoms with van der Waals surface area (Å²) in [5, 5.41) is 12.1. The monoisotopic (exact) mass is 201 g/mol. The van der Waals surface area contributed by atoms with Crippen molar-refractivity contribution in [1.29, 1.82) is 0 Å². The lowest BCUT2D eigenvalue weighted by molar-refractivity contribution is 0.0294. The number of aliphatic hydroxyl groups is 1. The Hall–Kier alpha value is -0.120. The predicted molar refractivity (Wildman–Crippen MR) is 57.4 cm³/mol. The zero-order chi connectivity index (χ0) is 10.2. The molecule has 14 heavy (non-hydrogen) atoms. The Bertz CT molecular complexity index is 133. The van der Waals surface area contributed by atoms with E-state index in [9.17, 15) is 0 Å². The number of ether oxygens (including phenoxy) is 1. The van der Waals surface area contributed by atoms with E-state index in [2.05, 4.69) is 5.32 Å². The van der Waals surface area contributed by atoms with E-state index >= 15 is 0 Å². The van der Waals surface area contributed by atoms with E-state index < -0.39 is 0 Å². The minimum Gasteiger partial charge on any atom is -0.392 e. The van der Waals surface area contributed by atoms with Gasteiger partial charge < -0.3 is 15.2 Å². The SMILES string of the molecule is CC(O)CNCCOC1CCCCC1. The molecule has 2 N–H and O–H groups in total.